The van der Waals surface area contributed by atoms with Crippen molar-refractivity contribution >= 4 is 0 Å². The molecule has 0 bridgehead atoms. The van der Waals surface area contributed by atoms with Gasteiger partial charge in [-0.25, -0.2) is 0 Å². The van der Waals surface area contributed by atoms with Crippen LogP contribution in [0.1, 0.15) is 72.6 Å². The summed E-state index contributed by atoms with van der Waals surface area (Å²) in [4.78, 5) is 0. The maximum absolute atomic E-state index is 11.3. The molecule has 144 valence electrons. The van der Waals surface area contributed by atoms with Gasteiger partial charge >= 0.3 is 0 Å². The van der Waals surface area contributed by atoms with Crippen molar-refractivity contribution in [2.24, 2.45) is 46.3 Å². The number of hydrogen-bond donors (Lipinski definition) is 3. The Kier molecular flexibility index (Phi) is 4.34. The molecule has 0 radical (unpaired) electrons. The van der Waals surface area contributed by atoms with Crippen LogP contribution in [0.2, 0.25) is 0 Å². The Hall–Kier alpha value is -0.120. The van der Waals surface area contributed by atoms with Gasteiger partial charge in [-0.3, -0.25) is 0 Å². The molecule has 25 heavy (non-hydrogen) atoms. The highest BCUT2D eigenvalue weighted by Crippen LogP contribution is 2.68. The van der Waals surface area contributed by atoms with Crippen molar-refractivity contribution in [3.05, 3.63) is 0 Å². The average Bonchev–Trinajstić information content (AvgIpc) is 2.89. The lowest BCUT2D eigenvalue weighted by Crippen LogP contribution is -2.62. The smallest absolute Gasteiger partial charge is 0.0602 e. The van der Waals surface area contributed by atoms with E-state index in [9.17, 15) is 15.3 Å². The third-order valence-corrected chi connectivity index (χ3v) is 9.64. The molecule has 4 rings (SSSR count). The fraction of sp³-hybridized carbons (Fsp3) is 1.00. The van der Waals surface area contributed by atoms with E-state index >= 15 is 0 Å². The molecule has 0 aromatic carbocycles. The van der Waals surface area contributed by atoms with Crippen LogP contribution in [-0.4, -0.2) is 33.6 Å². The molecule has 3 heteroatoms. The lowest BCUT2D eigenvalue weighted by molar-refractivity contribution is -0.206. The van der Waals surface area contributed by atoms with Gasteiger partial charge in [0.05, 0.1) is 18.3 Å². The summed E-state index contributed by atoms with van der Waals surface area (Å²) in [7, 11) is 0. The number of aliphatic hydroxyl groups excluding tert-OH is 3. The summed E-state index contributed by atoms with van der Waals surface area (Å²) in [5, 5.41) is 32.6. The van der Waals surface area contributed by atoms with Gasteiger partial charge in [0.15, 0.2) is 0 Å². The normalized spacial score (nSPS) is 58.6. The Bertz CT molecular complexity index is 519. The van der Waals surface area contributed by atoms with Gasteiger partial charge in [-0.05, 0) is 91.3 Å². The molecule has 2 unspecified atom stereocenters. The first kappa shape index (κ1) is 18.3. The maximum Gasteiger partial charge on any atom is 0.0602 e. The minimum Gasteiger partial charge on any atom is -0.393 e. The second-order valence-corrected chi connectivity index (χ2v) is 10.8. The molecule has 0 saturated heterocycles. The summed E-state index contributed by atoms with van der Waals surface area (Å²) >= 11 is 0. The first-order chi connectivity index (χ1) is 11.7. The van der Waals surface area contributed by atoms with Crippen LogP contribution in [0.25, 0.3) is 0 Å². The number of fused-ring (bicyclic) bond motifs is 5. The predicted octanol–water partition coefficient (Wildman–Crippen LogP) is 3.60. The predicted molar refractivity (Wildman–Crippen MR) is 98.8 cm³/mol. The van der Waals surface area contributed by atoms with E-state index in [4.69, 9.17) is 0 Å². The van der Waals surface area contributed by atoms with Gasteiger partial charge in [0.2, 0.25) is 0 Å². The van der Waals surface area contributed by atoms with Crippen molar-refractivity contribution < 1.29 is 15.3 Å². The lowest BCUT2D eigenvalue weighted by Gasteiger charge is -2.63. The molecule has 4 aliphatic rings. The molecule has 0 aromatic rings. The van der Waals surface area contributed by atoms with Crippen LogP contribution >= 0.6 is 0 Å². The lowest BCUT2D eigenvalue weighted by atomic mass is 9.43. The Morgan fingerprint density at radius 3 is 2.28 bits per heavy atom. The van der Waals surface area contributed by atoms with Crippen LogP contribution in [0.4, 0.5) is 0 Å². The summed E-state index contributed by atoms with van der Waals surface area (Å²) in [6.45, 7) is 9.32. The zero-order valence-corrected chi connectivity index (χ0v) is 16.5. The first-order valence-electron chi connectivity index (χ1n) is 10.7. The van der Waals surface area contributed by atoms with Crippen molar-refractivity contribution in [1.29, 1.82) is 0 Å². The van der Waals surface area contributed by atoms with Crippen LogP contribution in [0.15, 0.2) is 0 Å². The largest absolute Gasteiger partial charge is 0.393 e. The fourth-order valence-electron chi connectivity index (χ4n) is 8.29. The van der Waals surface area contributed by atoms with Crippen LogP contribution in [-0.2, 0) is 0 Å². The second-order valence-electron chi connectivity index (χ2n) is 10.8. The van der Waals surface area contributed by atoms with Crippen molar-refractivity contribution in [3.63, 3.8) is 0 Å². The van der Waals surface area contributed by atoms with Crippen molar-refractivity contribution in [2.45, 2.75) is 91.0 Å². The average molecular weight is 351 g/mol. The third kappa shape index (κ3) is 2.41. The molecule has 0 aliphatic heterocycles. The molecular weight excluding hydrogens is 312 g/mol. The van der Waals surface area contributed by atoms with Gasteiger partial charge in [0.1, 0.15) is 0 Å². The van der Waals surface area contributed by atoms with Gasteiger partial charge in [-0.2, -0.15) is 0 Å². The summed E-state index contributed by atoms with van der Waals surface area (Å²) in [6.07, 6.45) is 6.14. The minimum absolute atomic E-state index is 0.0340. The molecule has 3 nitrogen and oxygen atoms in total. The summed E-state index contributed by atoms with van der Waals surface area (Å²) in [6, 6.07) is 0. The molecule has 10 atom stereocenters. The third-order valence-electron chi connectivity index (χ3n) is 9.64. The molecule has 0 heterocycles. The van der Waals surface area contributed by atoms with Gasteiger partial charge in [-0.15, -0.1) is 0 Å². The molecule has 4 fully saturated rings. The first-order valence-corrected chi connectivity index (χ1v) is 10.7. The maximum atomic E-state index is 11.3. The second kappa shape index (κ2) is 5.94. The molecule has 0 amide bonds. The Morgan fingerprint density at radius 1 is 0.880 bits per heavy atom. The van der Waals surface area contributed by atoms with Gasteiger partial charge in [0.25, 0.3) is 0 Å². The summed E-state index contributed by atoms with van der Waals surface area (Å²) in [5.41, 5.74) is 0.148. The van der Waals surface area contributed by atoms with Crippen LogP contribution in [0.3, 0.4) is 0 Å². The van der Waals surface area contributed by atoms with E-state index in [0.717, 1.165) is 38.5 Å². The molecule has 0 aromatic heterocycles. The highest BCUT2D eigenvalue weighted by atomic mass is 16.3. The Balaban J connectivity index is 1.70. The monoisotopic (exact) mass is 350 g/mol. The fourth-order valence-corrected chi connectivity index (χ4v) is 8.29. The van der Waals surface area contributed by atoms with E-state index in [1.54, 1.807) is 0 Å². The van der Waals surface area contributed by atoms with Crippen molar-refractivity contribution in [2.75, 3.05) is 0 Å². The number of hydrogen-bond acceptors (Lipinski definition) is 3. The van der Waals surface area contributed by atoms with Crippen molar-refractivity contribution in [3.8, 4) is 0 Å². The van der Waals surface area contributed by atoms with Crippen molar-refractivity contribution in [1.82, 2.24) is 0 Å². The summed E-state index contributed by atoms with van der Waals surface area (Å²) < 4.78 is 0. The molecule has 3 N–H and O–H groups in total. The Labute approximate surface area is 153 Å². The van der Waals surface area contributed by atoms with Gasteiger partial charge in [0, 0.05) is 0 Å². The number of rotatable bonds is 1. The molecular formula is C22H38O3. The zero-order valence-electron chi connectivity index (χ0n) is 16.5. The van der Waals surface area contributed by atoms with E-state index in [1.807, 2.05) is 0 Å². The highest BCUT2D eigenvalue weighted by Gasteiger charge is 2.65. The van der Waals surface area contributed by atoms with Gasteiger partial charge in [-0.1, -0.05) is 27.7 Å². The molecule has 4 saturated carbocycles. The Morgan fingerprint density at radius 2 is 1.60 bits per heavy atom. The highest BCUT2D eigenvalue weighted by molar-refractivity contribution is 5.14. The van der Waals surface area contributed by atoms with Gasteiger partial charge < -0.3 is 15.3 Å². The topological polar surface area (TPSA) is 60.7 Å². The van der Waals surface area contributed by atoms with E-state index in [2.05, 4.69) is 27.7 Å². The van der Waals surface area contributed by atoms with E-state index in [1.165, 1.54) is 6.42 Å². The minimum atomic E-state index is -0.254. The standard InChI is InChI=1S/C22H38O3/c1-12(2)15-5-6-16-20-17(11-19(25)22(15,16)4)21(3)8-7-14(23)9-13(21)10-18(20)24/h12-20,23-25H,5-11H2,1-4H3/t13-,14?,15-,16+,17+,18-,19+,20?,21+,22-/m1/s1. The summed E-state index contributed by atoms with van der Waals surface area (Å²) in [5.74, 6) is 2.77. The molecule has 0 spiro atoms. The number of aliphatic hydroxyl groups is 3. The van der Waals surface area contributed by atoms with E-state index in [0.29, 0.717) is 35.5 Å². The van der Waals surface area contributed by atoms with Crippen LogP contribution in [0, 0.1) is 46.3 Å². The van der Waals surface area contributed by atoms with Crippen LogP contribution in [0.5, 0.6) is 0 Å². The zero-order chi connectivity index (χ0) is 18.1. The SMILES string of the molecule is CC(C)[C@H]1CC[C@H]2C3[C@H](O)C[C@H]4CC(O)CC[C@]4(C)[C@H]3C[C@H](O)[C@]12C. The van der Waals surface area contributed by atoms with Crippen LogP contribution < -0.4 is 0 Å². The quantitative estimate of drug-likeness (QED) is 0.677. The molecule has 4 aliphatic carbocycles. The van der Waals surface area contributed by atoms with E-state index < -0.39 is 0 Å². The van der Waals surface area contributed by atoms with E-state index in [-0.39, 0.29) is 29.1 Å².